The lowest BCUT2D eigenvalue weighted by molar-refractivity contribution is 0.0932. The van der Waals surface area contributed by atoms with Gasteiger partial charge in [0.25, 0.3) is 5.91 Å². The average molecular weight is 310 g/mol. The number of nitrogens with zero attached hydrogens (tertiary/aromatic N) is 3. The third kappa shape index (κ3) is 3.22. The zero-order valence-electron chi connectivity index (χ0n) is 13.1. The summed E-state index contributed by atoms with van der Waals surface area (Å²) in [4.78, 5) is 16.5. The van der Waals surface area contributed by atoms with E-state index < -0.39 is 0 Å². The second-order valence-electron chi connectivity index (χ2n) is 5.20. The monoisotopic (exact) mass is 310 g/mol. The lowest BCUT2D eigenvalue weighted by atomic mass is 10.2. The van der Waals surface area contributed by atoms with Crippen molar-refractivity contribution in [3.8, 4) is 11.3 Å². The van der Waals surface area contributed by atoms with Crippen LogP contribution in [0.2, 0.25) is 0 Å². The van der Waals surface area contributed by atoms with Gasteiger partial charge in [0.2, 0.25) is 0 Å². The van der Waals surface area contributed by atoms with E-state index in [2.05, 4.69) is 15.4 Å². The van der Waals surface area contributed by atoms with Crippen molar-refractivity contribution in [1.82, 2.24) is 19.9 Å². The molecule has 0 spiro atoms. The van der Waals surface area contributed by atoms with E-state index in [9.17, 15) is 4.79 Å². The zero-order valence-corrected chi connectivity index (χ0v) is 13.1. The van der Waals surface area contributed by atoms with Crippen molar-refractivity contribution < 1.29 is 9.53 Å². The van der Waals surface area contributed by atoms with Gasteiger partial charge in [0.15, 0.2) is 5.65 Å². The number of hydrogen-bond acceptors (Lipinski definition) is 4. The first-order chi connectivity index (χ1) is 11.2. The van der Waals surface area contributed by atoms with Gasteiger partial charge in [0, 0.05) is 31.0 Å². The predicted octanol–water partition coefficient (Wildman–Crippen LogP) is 2.08. The molecule has 0 atom stereocenters. The number of amides is 1. The van der Waals surface area contributed by atoms with Crippen molar-refractivity contribution in [2.75, 3.05) is 20.3 Å². The molecule has 3 rings (SSSR count). The fourth-order valence-corrected chi connectivity index (χ4v) is 2.35. The minimum atomic E-state index is -0.213. The molecule has 0 saturated heterocycles. The van der Waals surface area contributed by atoms with Crippen LogP contribution in [-0.4, -0.2) is 40.8 Å². The first-order valence-electron chi connectivity index (χ1n) is 7.39. The van der Waals surface area contributed by atoms with Crippen LogP contribution in [-0.2, 0) is 4.74 Å². The first-order valence-corrected chi connectivity index (χ1v) is 7.39. The van der Waals surface area contributed by atoms with E-state index in [1.54, 1.807) is 17.7 Å². The van der Waals surface area contributed by atoms with Crippen LogP contribution < -0.4 is 5.32 Å². The summed E-state index contributed by atoms with van der Waals surface area (Å²) in [5, 5.41) is 7.34. The Labute approximate surface area is 134 Å². The number of aromatic nitrogens is 3. The van der Waals surface area contributed by atoms with Gasteiger partial charge < -0.3 is 10.1 Å². The standard InChI is InChI=1S/C17H18N4O2/c1-12-10-15(17(22)18-8-9-23-2)19-16-11-14(20-21(12)16)13-6-4-3-5-7-13/h3-7,10-11H,8-9H2,1-2H3,(H,18,22). The number of methoxy groups -OCH3 is 1. The number of aryl methyl sites for hydroxylation is 1. The third-order valence-electron chi connectivity index (χ3n) is 3.50. The van der Waals surface area contributed by atoms with Crippen LogP contribution in [0.25, 0.3) is 16.9 Å². The van der Waals surface area contributed by atoms with E-state index in [1.807, 2.05) is 43.3 Å². The second kappa shape index (κ2) is 6.58. The van der Waals surface area contributed by atoms with Crippen molar-refractivity contribution in [3.05, 3.63) is 53.9 Å². The lowest BCUT2D eigenvalue weighted by Crippen LogP contribution is -2.28. The number of carbonyl (C=O) groups is 1. The number of hydrogen-bond donors (Lipinski definition) is 1. The number of fused-ring (bicyclic) bond motifs is 1. The highest BCUT2D eigenvalue weighted by Gasteiger charge is 2.12. The Kier molecular flexibility index (Phi) is 4.34. The molecule has 3 aromatic rings. The van der Waals surface area contributed by atoms with Crippen molar-refractivity contribution >= 4 is 11.6 Å². The van der Waals surface area contributed by atoms with Crippen LogP contribution in [0.1, 0.15) is 16.2 Å². The summed E-state index contributed by atoms with van der Waals surface area (Å²) in [6, 6.07) is 13.5. The molecule has 23 heavy (non-hydrogen) atoms. The molecule has 0 aliphatic carbocycles. The van der Waals surface area contributed by atoms with E-state index in [0.717, 1.165) is 17.0 Å². The molecule has 0 aliphatic rings. The van der Waals surface area contributed by atoms with Crippen LogP contribution in [0.4, 0.5) is 0 Å². The highest BCUT2D eigenvalue weighted by Crippen LogP contribution is 2.19. The van der Waals surface area contributed by atoms with Crippen molar-refractivity contribution in [2.24, 2.45) is 0 Å². The van der Waals surface area contributed by atoms with Gasteiger partial charge in [-0.3, -0.25) is 4.79 Å². The molecule has 0 fully saturated rings. The average Bonchev–Trinajstić information content (AvgIpc) is 3.00. The summed E-state index contributed by atoms with van der Waals surface area (Å²) in [6.45, 7) is 2.83. The molecule has 1 aromatic carbocycles. The molecule has 6 heteroatoms. The Balaban J connectivity index is 1.93. The number of carbonyl (C=O) groups excluding carboxylic acids is 1. The Morgan fingerprint density at radius 1 is 1.26 bits per heavy atom. The fourth-order valence-electron chi connectivity index (χ4n) is 2.35. The van der Waals surface area contributed by atoms with Gasteiger partial charge in [-0.05, 0) is 13.0 Å². The summed E-state index contributed by atoms with van der Waals surface area (Å²) in [7, 11) is 1.60. The topological polar surface area (TPSA) is 68.5 Å². The van der Waals surface area contributed by atoms with Gasteiger partial charge in [0.05, 0.1) is 12.3 Å². The number of benzene rings is 1. The van der Waals surface area contributed by atoms with Crippen LogP contribution in [0, 0.1) is 6.92 Å². The quantitative estimate of drug-likeness (QED) is 0.733. The predicted molar refractivity (Wildman–Crippen MR) is 87.4 cm³/mol. The van der Waals surface area contributed by atoms with E-state index in [-0.39, 0.29) is 5.91 Å². The van der Waals surface area contributed by atoms with Gasteiger partial charge in [-0.2, -0.15) is 5.10 Å². The van der Waals surface area contributed by atoms with Gasteiger partial charge in [-0.15, -0.1) is 0 Å². The van der Waals surface area contributed by atoms with Crippen molar-refractivity contribution in [1.29, 1.82) is 0 Å². The van der Waals surface area contributed by atoms with E-state index in [4.69, 9.17) is 4.74 Å². The Hall–Kier alpha value is -2.73. The molecular formula is C17H18N4O2. The summed E-state index contributed by atoms with van der Waals surface area (Å²) in [5.74, 6) is -0.213. The smallest absolute Gasteiger partial charge is 0.270 e. The summed E-state index contributed by atoms with van der Waals surface area (Å²) in [5.41, 5.74) is 3.74. The van der Waals surface area contributed by atoms with Crippen molar-refractivity contribution in [3.63, 3.8) is 0 Å². The third-order valence-corrected chi connectivity index (χ3v) is 3.50. The largest absolute Gasteiger partial charge is 0.383 e. The van der Waals surface area contributed by atoms with Crippen LogP contribution in [0.3, 0.4) is 0 Å². The minimum absolute atomic E-state index is 0.213. The van der Waals surface area contributed by atoms with E-state index >= 15 is 0 Å². The van der Waals surface area contributed by atoms with E-state index in [0.29, 0.717) is 24.5 Å². The van der Waals surface area contributed by atoms with Crippen LogP contribution in [0.5, 0.6) is 0 Å². The molecule has 1 amide bonds. The minimum Gasteiger partial charge on any atom is -0.383 e. The second-order valence-corrected chi connectivity index (χ2v) is 5.20. The first kappa shape index (κ1) is 15.2. The fraction of sp³-hybridized carbons (Fsp3) is 0.235. The highest BCUT2D eigenvalue weighted by atomic mass is 16.5. The summed E-state index contributed by atoms with van der Waals surface area (Å²) < 4.78 is 6.67. The summed E-state index contributed by atoms with van der Waals surface area (Å²) >= 11 is 0. The molecule has 2 heterocycles. The van der Waals surface area contributed by atoms with Gasteiger partial charge >= 0.3 is 0 Å². The molecule has 0 saturated carbocycles. The number of nitrogens with one attached hydrogen (secondary N) is 1. The van der Waals surface area contributed by atoms with Gasteiger partial charge in [0.1, 0.15) is 5.69 Å². The normalized spacial score (nSPS) is 10.9. The van der Waals surface area contributed by atoms with Crippen LogP contribution >= 0.6 is 0 Å². The zero-order chi connectivity index (χ0) is 16.2. The Morgan fingerprint density at radius 2 is 2.04 bits per heavy atom. The number of rotatable bonds is 5. The molecule has 1 N–H and O–H groups in total. The molecule has 0 bridgehead atoms. The highest BCUT2D eigenvalue weighted by molar-refractivity contribution is 5.92. The lowest BCUT2D eigenvalue weighted by Gasteiger charge is -2.05. The maximum Gasteiger partial charge on any atom is 0.270 e. The molecule has 2 aromatic heterocycles. The van der Waals surface area contributed by atoms with Gasteiger partial charge in [-0.25, -0.2) is 9.50 Å². The van der Waals surface area contributed by atoms with Crippen molar-refractivity contribution in [2.45, 2.75) is 6.92 Å². The SMILES string of the molecule is COCCNC(=O)c1cc(C)n2nc(-c3ccccc3)cc2n1. The molecule has 0 aliphatic heterocycles. The van der Waals surface area contributed by atoms with Gasteiger partial charge in [-0.1, -0.05) is 30.3 Å². The Morgan fingerprint density at radius 3 is 2.78 bits per heavy atom. The molecule has 0 unspecified atom stereocenters. The molecule has 6 nitrogen and oxygen atoms in total. The summed E-state index contributed by atoms with van der Waals surface area (Å²) in [6.07, 6.45) is 0. The Bertz CT molecular complexity index is 827. The number of ether oxygens (including phenoxy) is 1. The van der Waals surface area contributed by atoms with Crippen LogP contribution in [0.15, 0.2) is 42.5 Å². The maximum atomic E-state index is 12.1. The van der Waals surface area contributed by atoms with E-state index in [1.165, 1.54) is 0 Å². The molecule has 0 radical (unpaired) electrons. The molecule has 118 valence electrons. The maximum absolute atomic E-state index is 12.1. The molecular weight excluding hydrogens is 292 g/mol.